The monoisotopic (exact) mass is 367 g/mol. The van der Waals surface area contributed by atoms with Gasteiger partial charge in [-0.05, 0) is 23.6 Å². The lowest BCUT2D eigenvalue weighted by Gasteiger charge is -2.13. The summed E-state index contributed by atoms with van der Waals surface area (Å²) in [6.07, 6.45) is 0. The Morgan fingerprint density at radius 2 is 1.85 bits per heavy atom. The molecule has 0 bridgehead atoms. The summed E-state index contributed by atoms with van der Waals surface area (Å²) in [5, 5.41) is 4.07. The van der Waals surface area contributed by atoms with Gasteiger partial charge in [0.1, 0.15) is 0 Å². The molecule has 3 aromatic rings. The van der Waals surface area contributed by atoms with Crippen molar-refractivity contribution < 1.29 is 4.79 Å². The Hall–Kier alpha value is -2.60. The summed E-state index contributed by atoms with van der Waals surface area (Å²) in [6, 6.07) is 17.3. The summed E-state index contributed by atoms with van der Waals surface area (Å²) in [5.74, 6) is 0.397. The van der Waals surface area contributed by atoms with E-state index in [1.807, 2.05) is 36.4 Å². The van der Waals surface area contributed by atoms with Gasteiger partial charge in [0.2, 0.25) is 5.91 Å². The van der Waals surface area contributed by atoms with Gasteiger partial charge in [-0.15, -0.1) is 0 Å². The molecule has 134 valence electrons. The molecule has 0 aliphatic rings. The molecule has 3 rings (SSSR count). The van der Waals surface area contributed by atoms with E-state index in [0.717, 1.165) is 0 Å². The Kier molecular flexibility index (Phi) is 5.73. The Morgan fingerprint density at radius 1 is 1.15 bits per heavy atom. The fraction of sp³-hybridized carbons (Fsp3) is 0.250. The highest BCUT2D eigenvalue weighted by Gasteiger charge is 2.12. The number of nitrogens with one attached hydrogen (secondary N) is 1. The molecule has 1 unspecified atom stereocenters. The summed E-state index contributed by atoms with van der Waals surface area (Å²) in [7, 11) is 1.68. The average molecular weight is 367 g/mol. The van der Waals surface area contributed by atoms with Crippen LogP contribution >= 0.6 is 11.8 Å². The minimum Gasteiger partial charge on any atom is -0.355 e. The van der Waals surface area contributed by atoms with Crippen molar-refractivity contribution in [1.82, 2.24) is 14.9 Å². The highest BCUT2D eigenvalue weighted by atomic mass is 32.2. The molecule has 1 aromatic heterocycles. The lowest BCUT2D eigenvalue weighted by atomic mass is 10.0. The molecule has 0 spiro atoms. The smallest absolute Gasteiger partial charge is 0.261 e. The first-order valence-corrected chi connectivity index (χ1v) is 9.45. The molecule has 0 radical (unpaired) electrons. The van der Waals surface area contributed by atoms with Crippen molar-refractivity contribution in [1.29, 1.82) is 0 Å². The number of nitrogens with zero attached hydrogens (tertiary/aromatic N) is 2. The van der Waals surface area contributed by atoms with Gasteiger partial charge in [-0.1, -0.05) is 61.2 Å². The van der Waals surface area contributed by atoms with Crippen LogP contribution in [0.2, 0.25) is 0 Å². The maximum atomic E-state index is 12.4. The van der Waals surface area contributed by atoms with E-state index >= 15 is 0 Å². The van der Waals surface area contributed by atoms with Crippen molar-refractivity contribution in [3.05, 3.63) is 70.5 Å². The largest absolute Gasteiger partial charge is 0.355 e. The number of aromatic nitrogens is 2. The standard InChI is InChI=1S/C20H21N3O2S/c1-14(15-8-4-3-5-9-15)12-21-18(24)13-26-20-22-17-11-7-6-10-16(17)19(25)23(20)2/h3-11,14H,12-13H2,1-2H3,(H,21,24). The van der Waals surface area contributed by atoms with Gasteiger partial charge < -0.3 is 5.32 Å². The van der Waals surface area contributed by atoms with Gasteiger partial charge in [0, 0.05) is 13.6 Å². The van der Waals surface area contributed by atoms with Gasteiger partial charge in [-0.25, -0.2) is 4.98 Å². The van der Waals surface area contributed by atoms with Crippen molar-refractivity contribution in [2.24, 2.45) is 7.05 Å². The average Bonchev–Trinajstić information content (AvgIpc) is 2.68. The van der Waals surface area contributed by atoms with Gasteiger partial charge in [-0.3, -0.25) is 14.2 Å². The van der Waals surface area contributed by atoms with Crippen LogP contribution in [0.25, 0.3) is 10.9 Å². The number of benzene rings is 2. The molecular weight excluding hydrogens is 346 g/mol. The normalized spacial score (nSPS) is 12.1. The molecule has 2 aromatic carbocycles. The first-order chi connectivity index (χ1) is 12.6. The molecular formula is C20H21N3O2S. The van der Waals surface area contributed by atoms with Gasteiger partial charge in [0.25, 0.3) is 5.56 Å². The van der Waals surface area contributed by atoms with E-state index in [1.165, 1.54) is 21.9 Å². The maximum absolute atomic E-state index is 12.4. The van der Waals surface area contributed by atoms with Crippen LogP contribution in [0.1, 0.15) is 18.4 Å². The van der Waals surface area contributed by atoms with Crippen molar-refractivity contribution in [3.63, 3.8) is 0 Å². The minimum absolute atomic E-state index is 0.0693. The van der Waals surface area contributed by atoms with Crippen molar-refractivity contribution >= 4 is 28.6 Å². The number of para-hydroxylation sites is 1. The fourth-order valence-corrected chi connectivity index (χ4v) is 3.48. The predicted octanol–water partition coefficient (Wildman–Crippen LogP) is 2.95. The number of fused-ring (bicyclic) bond motifs is 1. The lowest BCUT2D eigenvalue weighted by molar-refractivity contribution is -0.118. The Morgan fingerprint density at radius 3 is 2.62 bits per heavy atom. The van der Waals surface area contributed by atoms with Crippen LogP contribution in [0.15, 0.2) is 64.5 Å². The second-order valence-corrected chi connectivity index (χ2v) is 7.12. The molecule has 1 N–H and O–H groups in total. The molecule has 26 heavy (non-hydrogen) atoms. The lowest BCUT2D eigenvalue weighted by Crippen LogP contribution is -2.29. The van der Waals surface area contributed by atoms with Crippen molar-refractivity contribution in [2.75, 3.05) is 12.3 Å². The van der Waals surface area contributed by atoms with E-state index in [9.17, 15) is 9.59 Å². The fourth-order valence-electron chi connectivity index (χ4n) is 2.67. The van der Waals surface area contributed by atoms with Gasteiger partial charge >= 0.3 is 0 Å². The quantitative estimate of drug-likeness (QED) is 0.537. The third-order valence-corrected chi connectivity index (χ3v) is 5.28. The SMILES string of the molecule is CC(CNC(=O)CSc1nc2ccccc2c(=O)n1C)c1ccccc1. The third-order valence-electron chi connectivity index (χ3n) is 4.25. The van der Waals surface area contributed by atoms with Crippen LogP contribution in [-0.4, -0.2) is 27.8 Å². The second kappa shape index (κ2) is 8.19. The third kappa shape index (κ3) is 4.14. The first-order valence-electron chi connectivity index (χ1n) is 8.46. The van der Waals surface area contributed by atoms with E-state index in [0.29, 0.717) is 22.6 Å². The number of hydrogen-bond donors (Lipinski definition) is 1. The molecule has 1 heterocycles. The summed E-state index contributed by atoms with van der Waals surface area (Å²) in [6.45, 7) is 2.66. The van der Waals surface area contributed by atoms with Gasteiger partial charge in [-0.2, -0.15) is 0 Å². The number of rotatable bonds is 6. The molecule has 0 aliphatic carbocycles. The number of thioether (sulfide) groups is 1. The van der Waals surface area contributed by atoms with Gasteiger partial charge in [0.15, 0.2) is 5.16 Å². The highest BCUT2D eigenvalue weighted by molar-refractivity contribution is 7.99. The number of amides is 1. The molecule has 5 nitrogen and oxygen atoms in total. The summed E-state index contributed by atoms with van der Waals surface area (Å²) in [5.41, 5.74) is 1.74. The number of hydrogen-bond acceptors (Lipinski definition) is 4. The predicted molar refractivity (Wildman–Crippen MR) is 106 cm³/mol. The van der Waals surface area contributed by atoms with Crippen molar-refractivity contribution in [2.45, 2.75) is 18.0 Å². The van der Waals surface area contributed by atoms with E-state index in [2.05, 4.69) is 29.4 Å². The molecule has 0 saturated carbocycles. The zero-order chi connectivity index (χ0) is 18.5. The minimum atomic E-state index is -0.101. The van der Waals surface area contributed by atoms with Crippen LogP contribution in [0.5, 0.6) is 0 Å². The topological polar surface area (TPSA) is 64.0 Å². The van der Waals surface area contributed by atoms with E-state index in [4.69, 9.17) is 0 Å². The molecule has 6 heteroatoms. The Bertz CT molecular complexity index is 970. The molecule has 0 fully saturated rings. The summed E-state index contributed by atoms with van der Waals surface area (Å²) >= 11 is 1.27. The number of carbonyl (C=O) groups is 1. The van der Waals surface area contributed by atoms with E-state index in [1.54, 1.807) is 13.1 Å². The zero-order valence-electron chi connectivity index (χ0n) is 14.8. The van der Waals surface area contributed by atoms with Crippen LogP contribution in [0.3, 0.4) is 0 Å². The number of carbonyl (C=O) groups excluding carboxylic acids is 1. The van der Waals surface area contributed by atoms with Gasteiger partial charge in [0.05, 0.1) is 16.7 Å². The molecule has 0 saturated heterocycles. The van der Waals surface area contributed by atoms with Crippen LogP contribution in [-0.2, 0) is 11.8 Å². The Balaban J connectivity index is 1.60. The Labute approximate surface area is 156 Å². The summed E-state index contributed by atoms with van der Waals surface area (Å²) < 4.78 is 1.49. The van der Waals surface area contributed by atoms with Crippen LogP contribution < -0.4 is 10.9 Å². The van der Waals surface area contributed by atoms with E-state index in [-0.39, 0.29) is 23.1 Å². The van der Waals surface area contributed by atoms with Crippen LogP contribution in [0, 0.1) is 0 Å². The molecule has 0 aliphatic heterocycles. The van der Waals surface area contributed by atoms with Crippen LogP contribution in [0.4, 0.5) is 0 Å². The van der Waals surface area contributed by atoms with Crippen molar-refractivity contribution in [3.8, 4) is 0 Å². The highest BCUT2D eigenvalue weighted by Crippen LogP contribution is 2.17. The molecule has 1 atom stereocenters. The second-order valence-electron chi connectivity index (χ2n) is 6.18. The molecule has 1 amide bonds. The zero-order valence-corrected chi connectivity index (χ0v) is 15.6. The first kappa shape index (κ1) is 18.2. The van der Waals surface area contributed by atoms with E-state index < -0.39 is 0 Å². The summed E-state index contributed by atoms with van der Waals surface area (Å²) in [4.78, 5) is 29.0. The maximum Gasteiger partial charge on any atom is 0.261 e.